The summed E-state index contributed by atoms with van der Waals surface area (Å²) in [4.78, 5) is 0. The van der Waals surface area contributed by atoms with Crippen LogP contribution in [0, 0.1) is 0 Å². The maximum Gasteiger partial charge on any atom is 0.0541 e. The summed E-state index contributed by atoms with van der Waals surface area (Å²) in [6.07, 6.45) is 5.93. The molecule has 2 aromatic heterocycles. The molecule has 1 aliphatic carbocycles. The first-order chi connectivity index (χ1) is 23.6. The first-order valence-electron chi connectivity index (χ1n) is 16.4. The number of hydrogen-bond acceptors (Lipinski definition) is 2. The smallest absolute Gasteiger partial charge is 0.0541 e. The Balaban J connectivity index is 1.21. The summed E-state index contributed by atoms with van der Waals surface area (Å²) in [6.45, 7) is 2.84. The summed E-state index contributed by atoms with van der Waals surface area (Å²) in [5, 5.41) is 4.99. The standard InChI is InChI=1S/C44H34N4/c1-28-32(22-24-45)37(44-33(28)14-9-15-39(44)46)23-25-47-40-16-7-5-12-34(40)36-20-18-30(27-43(36)47)29-19-21-42-38(26-29)35-13-6-8-17-41(35)48(42)31-10-3-2-4-11-31/h2-24,26-27H,25,45-46H2,1H3/b24-22-,37-23-. The number of hydrogen-bond donors (Lipinski definition) is 2. The maximum absolute atomic E-state index is 6.57. The van der Waals surface area contributed by atoms with E-state index in [2.05, 4.69) is 143 Å². The Morgan fingerprint density at radius 2 is 1.27 bits per heavy atom. The van der Waals surface area contributed by atoms with Crippen molar-refractivity contribution < 1.29 is 0 Å². The molecule has 0 unspecified atom stereocenters. The zero-order valence-corrected chi connectivity index (χ0v) is 26.7. The van der Waals surface area contributed by atoms with Gasteiger partial charge in [0, 0.05) is 50.5 Å². The van der Waals surface area contributed by atoms with Crippen LogP contribution in [0.15, 0.2) is 157 Å². The first-order valence-corrected chi connectivity index (χ1v) is 16.4. The van der Waals surface area contributed by atoms with Crippen molar-refractivity contribution in [2.75, 3.05) is 5.73 Å². The highest BCUT2D eigenvalue weighted by Gasteiger charge is 2.24. The largest absolute Gasteiger partial charge is 0.405 e. The molecular formula is C44H34N4. The number of anilines is 1. The molecule has 48 heavy (non-hydrogen) atoms. The highest BCUT2D eigenvalue weighted by atomic mass is 15.0. The molecule has 4 N–H and O–H groups in total. The Morgan fingerprint density at radius 1 is 0.604 bits per heavy atom. The number of rotatable bonds is 5. The van der Waals surface area contributed by atoms with E-state index in [9.17, 15) is 0 Å². The Morgan fingerprint density at radius 3 is 2.08 bits per heavy atom. The van der Waals surface area contributed by atoms with Crippen LogP contribution in [0.1, 0.15) is 18.1 Å². The average Bonchev–Trinajstić information content (AvgIpc) is 3.73. The van der Waals surface area contributed by atoms with Gasteiger partial charge in [0.2, 0.25) is 0 Å². The molecule has 6 aromatic carbocycles. The van der Waals surface area contributed by atoms with Gasteiger partial charge in [0.05, 0.1) is 16.6 Å². The summed E-state index contributed by atoms with van der Waals surface area (Å²) < 4.78 is 4.79. The van der Waals surface area contributed by atoms with Crippen LogP contribution in [0.4, 0.5) is 5.69 Å². The molecule has 2 heterocycles. The van der Waals surface area contributed by atoms with Gasteiger partial charge in [-0.15, -0.1) is 0 Å². The van der Waals surface area contributed by atoms with Crippen LogP contribution in [0.25, 0.3) is 71.6 Å². The quantitative estimate of drug-likeness (QED) is 0.189. The number of aromatic nitrogens is 2. The predicted octanol–water partition coefficient (Wildman–Crippen LogP) is 10.5. The minimum Gasteiger partial charge on any atom is -0.405 e. The minimum atomic E-state index is 0.690. The fourth-order valence-corrected chi connectivity index (χ4v) is 7.80. The Bertz CT molecular complexity index is 2660. The van der Waals surface area contributed by atoms with E-state index in [0.717, 1.165) is 22.4 Å². The van der Waals surface area contributed by atoms with Gasteiger partial charge in [0.1, 0.15) is 0 Å². The van der Waals surface area contributed by atoms with Crippen molar-refractivity contribution in [2.45, 2.75) is 13.5 Å². The lowest BCUT2D eigenvalue weighted by Crippen LogP contribution is -1.98. The van der Waals surface area contributed by atoms with Crippen LogP contribution in [-0.4, -0.2) is 9.13 Å². The van der Waals surface area contributed by atoms with Crippen molar-refractivity contribution in [3.05, 3.63) is 169 Å². The number of benzene rings is 6. The fourth-order valence-electron chi connectivity index (χ4n) is 7.80. The summed E-state index contributed by atoms with van der Waals surface area (Å²) >= 11 is 0. The molecule has 4 nitrogen and oxygen atoms in total. The molecule has 230 valence electrons. The summed E-state index contributed by atoms with van der Waals surface area (Å²) in [5.74, 6) is 0. The average molecular weight is 619 g/mol. The Labute approximate surface area is 279 Å². The van der Waals surface area contributed by atoms with E-state index in [-0.39, 0.29) is 0 Å². The molecule has 0 amide bonds. The normalized spacial score (nSPS) is 14.1. The molecule has 1 aliphatic rings. The molecule has 9 rings (SSSR count). The van der Waals surface area contributed by atoms with Gasteiger partial charge < -0.3 is 20.6 Å². The fraction of sp³-hybridized carbons (Fsp3) is 0.0455. The van der Waals surface area contributed by atoms with Crippen molar-refractivity contribution in [1.29, 1.82) is 0 Å². The van der Waals surface area contributed by atoms with Crippen molar-refractivity contribution in [3.63, 3.8) is 0 Å². The minimum absolute atomic E-state index is 0.690. The SMILES string of the molecule is CC1=C(/C=C\N)/C(=C/Cn2c3ccccc3c3ccc(-c4ccc5c(c4)c4ccccc4n5-c4ccccc4)cc32)c2c(N)cccc21. The third kappa shape index (κ3) is 4.16. The van der Waals surface area contributed by atoms with E-state index < -0.39 is 0 Å². The van der Waals surface area contributed by atoms with Crippen LogP contribution in [0.2, 0.25) is 0 Å². The Hall–Kier alpha value is -6.26. The van der Waals surface area contributed by atoms with Crippen LogP contribution >= 0.6 is 0 Å². The van der Waals surface area contributed by atoms with Gasteiger partial charge in [-0.25, -0.2) is 0 Å². The van der Waals surface area contributed by atoms with E-state index in [1.165, 1.54) is 71.6 Å². The molecule has 0 atom stereocenters. The lowest BCUT2D eigenvalue weighted by molar-refractivity contribution is 0.900. The first kappa shape index (κ1) is 28.0. The second kappa shape index (κ2) is 10.9. The van der Waals surface area contributed by atoms with E-state index in [0.29, 0.717) is 6.54 Å². The zero-order chi connectivity index (χ0) is 32.4. The monoisotopic (exact) mass is 618 g/mol. The van der Waals surface area contributed by atoms with Gasteiger partial charge in [-0.05, 0) is 101 Å². The van der Waals surface area contributed by atoms with E-state index in [1.807, 2.05) is 18.2 Å². The van der Waals surface area contributed by atoms with Crippen LogP contribution in [0.3, 0.4) is 0 Å². The van der Waals surface area contributed by atoms with Crippen molar-refractivity contribution in [2.24, 2.45) is 5.73 Å². The van der Waals surface area contributed by atoms with Crippen molar-refractivity contribution >= 4 is 60.4 Å². The number of nitrogens with zero attached hydrogens (tertiary/aromatic N) is 2. The number of fused-ring (bicyclic) bond motifs is 7. The van der Waals surface area contributed by atoms with Gasteiger partial charge in [-0.1, -0.05) is 91.0 Å². The molecule has 0 spiro atoms. The van der Waals surface area contributed by atoms with E-state index >= 15 is 0 Å². The van der Waals surface area contributed by atoms with Crippen molar-refractivity contribution in [3.8, 4) is 16.8 Å². The lowest BCUT2D eigenvalue weighted by atomic mass is 10.00. The second-order valence-corrected chi connectivity index (χ2v) is 12.6. The maximum atomic E-state index is 6.57. The molecule has 0 saturated carbocycles. The van der Waals surface area contributed by atoms with Crippen LogP contribution in [0.5, 0.6) is 0 Å². The summed E-state index contributed by atoms with van der Waals surface area (Å²) in [7, 11) is 0. The lowest BCUT2D eigenvalue weighted by Gasteiger charge is -2.11. The highest BCUT2D eigenvalue weighted by Crippen LogP contribution is 2.45. The topological polar surface area (TPSA) is 61.9 Å². The molecule has 0 saturated heterocycles. The number of nitrogens with two attached hydrogens (primary N) is 2. The summed E-state index contributed by atoms with van der Waals surface area (Å²) in [6, 6.07) is 47.9. The number of para-hydroxylation sites is 3. The van der Waals surface area contributed by atoms with Gasteiger partial charge in [0.25, 0.3) is 0 Å². The van der Waals surface area contributed by atoms with Gasteiger partial charge in [-0.3, -0.25) is 0 Å². The molecule has 0 radical (unpaired) electrons. The van der Waals surface area contributed by atoms with Gasteiger partial charge >= 0.3 is 0 Å². The van der Waals surface area contributed by atoms with Crippen LogP contribution < -0.4 is 11.5 Å². The molecule has 0 bridgehead atoms. The molecule has 0 aliphatic heterocycles. The van der Waals surface area contributed by atoms with Crippen LogP contribution in [-0.2, 0) is 6.54 Å². The zero-order valence-electron chi connectivity index (χ0n) is 26.7. The van der Waals surface area contributed by atoms with E-state index in [1.54, 1.807) is 6.20 Å². The molecule has 8 aromatic rings. The van der Waals surface area contributed by atoms with Gasteiger partial charge in [-0.2, -0.15) is 0 Å². The molecular weight excluding hydrogens is 585 g/mol. The van der Waals surface area contributed by atoms with Crippen molar-refractivity contribution in [1.82, 2.24) is 9.13 Å². The molecule has 0 fully saturated rings. The Kier molecular flexibility index (Phi) is 6.37. The predicted molar refractivity (Wildman–Crippen MR) is 204 cm³/mol. The third-order valence-electron chi connectivity index (χ3n) is 10.00. The van der Waals surface area contributed by atoms with Gasteiger partial charge in [0.15, 0.2) is 0 Å². The third-order valence-corrected chi connectivity index (χ3v) is 10.00. The number of nitrogen functional groups attached to an aromatic ring is 1. The number of allylic oxidation sites excluding steroid dienone is 5. The highest BCUT2D eigenvalue weighted by molar-refractivity contribution is 6.12. The molecule has 4 heteroatoms. The summed E-state index contributed by atoms with van der Waals surface area (Å²) in [5.41, 5.74) is 27.4. The van der Waals surface area contributed by atoms with E-state index in [4.69, 9.17) is 11.5 Å². The second-order valence-electron chi connectivity index (χ2n) is 12.6.